The quantitative estimate of drug-likeness (QED) is 0.842. The SMILES string of the molecule is Cc1ccc(C)c(-c2ccc(CS)c(=O)n2C(C)C)c1. The van der Waals surface area contributed by atoms with E-state index in [-0.39, 0.29) is 11.6 Å². The summed E-state index contributed by atoms with van der Waals surface area (Å²) in [4.78, 5) is 12.5. The van der Waals surface area contributed by atoms with Gasteiger partial charge in [0.05, 0.1) is 5.69 Å². The second-order valence-electron chi connectivity index (χ2n) is 5.49. The van der Waals surface area contributed by atoms with Gasteiger partial charge in [-0.3, -0.25) is 4.79 Å². The van der Waals surface area contributed by atoms with E-state index in [0.717, 1.165) is 16.8 Å². The summed E-state index contributed by atoms with van der Waals surface area (Å²) in [5.74, 6) is 0.471. The molecule has 0 aliphatic rings. The predicted molar refractivity (Wildman–Crippen MR) is 88.7 cm³/mol. The number of benzene rings is 1. The lowest BCUT2D eigenvalue weighted by Gasteiger charge is -2.19. The van der Waals surface area contributed by atoms with Gasteiger partial charge in [-0.25, -0.2) is 0 Å². The maximum atomic E-state index is 12.5. The first-order chi connectivity index (χ1) is 9.45. The number of rotatable bonds is 3. The number of thiol groups is 1. The highest BCUT2D eigenvalue weighted by molar-refractivity contribution is 7.79. The number of hydrogen-bond acceptors (Lipinski definition) is 2. The van der Waals surface area contributed by atoms with Gasteiger partial charge in [-0.2, -0.15) is 12.6 Å². The molecule has 0 bridgehead atoms. The Morgan fingerprint density at radius 2 is 1.85 bits per heavy atom. The molecule has 0 radical (unpaired) electrons. The molecule has 3 heteroatoms. The zero-order valence-corrected chi connectivity index (χ0v) is 13.4. The fraction of sp³-hybridized carbons (Fsp3) is 0.353. The molecule has 1 aromatic carbocycles. The summed E-state index contributed by atoms with van der Waals surface area (Å²) in [6.45, 7) is 8.23. The monoisotopic (exact) mass is 287 g/mol. The van der Waals surface area contributed by atoms with Crippen LogP contribution in [0.1, 0.15) is 36.6 Å². The Morgan fingerprint density at radius 3 is 2.45 bits per heavy atom. The van der Waals surface area contributed by atoms with E-state index in [1.165, 1.54) is 11.1 Å². The highest BCUT2D eigenvalue weighted by Crippen LogP contribution is 2.26. The van der Waals surface area contributed by atoms with Crippen molar-refractivity contribution in [1.82, 2.24) is 4.57 Å². The molecule has 106 valence electrons. The minimum Gasteiger partial charge on any atom is -0.306 e. The molecule has 0 saturated heterocycles. The third-order valence-electron chi connectivity index (χ3n) is 3.55. The van der Waals surface area contributed by atoms with Crippen LogP contribution in [0, 0.1) is 13.8 Å². The van der Waals surface area contributed by atoms with E-state index < -0.39 is 0 Å². The van der Waals surface area contributed by atoms with Crippen LogP contribution in [0.4, 0.5) is 0 Å². The Bertz CT molecular complexity index is 686. The molecular weight excluding hydrogens is 266 g/mol. The summed E-state index contributed by atoms with van der Waals surface area (Å²) < 4.78 is 1.87. The fourth-order valence-corrected chi connectivity index (χ4v) is 2.70. The second-order valence-corrected chi connectivity index (χ2v) is 5.81. The van der Waals surface area contributed by atoms with Crippen molar-refractivity contribution in [3.63, 3.8) is 0 Å². The van der Waals surface area contributed by atoms with Crippen molar-refractivity contribution in [3.05, 3.63) is 57.4 Å². The average molecular weight is 287 g/mol. The molecule has 0 spiro atoms. The van der Waals surface area contributed by atoms with Gasteiger partial charge in [0.1, 0.15) is 0 Å². The predicted octanol–water partition coefficient (Wildman–Crippen LogP) is 4.14. The first-order valence-electron chi connectivity index (χ1n) is 6.88. The minimum atomic E-state index is 0.0633. The van der Waals surface area contributed by atoms with Gasteiger partial charge < -0.3 is 4.57 Å². The molecule has 0 amide bonds. The number of aryl methyl sites for hydroxylation is 2. The van der Waals surface area contributed by atoms with Crippen molar-refractivity contribution in [2.75, 3.05) is 0 Å². The molecule has 1 heterocycles. The minimum absolute atomic E-state index is 0.0633. The second kappa shape index (κ2) is 5.88. The lowest BCUT2D eigenvalue weighted by molar-refractivity contribution is 0.581. The van der Waals surface area contributed by atoms with Crippen LogP contribution < -0.4 is 5.56 Å². The summed E-state index contributed by atoms with van der Waals surface area (Å²) in [5.41, 5.74) is 5.30. The van der Waals surface area contributed by atoms with E-state index in [0.29, 0.717) is 5.75 Å². The van der Waals surface area contributed by atoms with E-state index in [9.17, 15) is 4.79 Å². The summed E-state index contributed by atoms with van der Waals surface area (Å²) in [6.07, 6.45) is 0. The molecule has 1 aromatic heterocycles. The summed E-state index contributed by atoms with van der Waals surface area (Å²) >= 11 is 4.24. The smallest absolute Gasteiger partial charge is 0.255 e. The zero-order valence-electron chi connectivity index (χ0n) is 12.5. The number of aromatic nitrogens is 1. The lowest BCUT2D eigenvalue weighted by atomic mass is 10.0. The zero-order chi connectivity index (χ0) is 14.9. The van der Waals surface area contributed by atoms with Crippen LogP contribution in [0.3, 0.4) is 0 Å². The highest BCUT2D eigenvalue weighted by atomic mass is 32.1. The topological polar surface area (TPSA) is 22.0 Å². The number of hydrogen-bond donors (Lipinski definition) is 1. The molecule has 0 aliphatic heterocycles. The maximum Gasteiger partial charge on any atom is 0.255 e. The van der Waals surface area contributed by atoms with Gasteiger partial charge in [0.25, 0.3) is 5.56 Å². The van der Waals surface area contributed by atoms with Crippen molar-refractivity contribution in [1.29, 1.82) is 0 Å². The first-order valence-corrected chi connectivity index (χ1v) is 7.52. The van der Waals surface area contributed by atoms with Crippen molar-refractivity contribution in [2.45, 2.75) is 39.5 Å². The largest absolute Gasteiger partial charge is 0.306 e. The summed E-state index contributed by atoms with van der Waals surface area (Å²) in [6, 6.07) is 10.4. The first kappa shape index (κ1) is 14.9. The van der Waals surface area contributed by atoms with Gasteiger partial charge in [-0.15, -0.1) is 0 Å². The van der Waals surface area contributed by atoms with Crippen LogP contribution >= 0.6 is 12.6 Å². The van der Waals surface area contributed by atoms with Crippen LogP contribution in [-0.4, -0.2) is 4.57 Å². The van der Waals surface area contributed by atoms with E-state index in [4.69, 9.17) is 0 Å². The van der Waals surface area contributed by atoms with Gasteiger partial charge in [0.15, 0.2) is 0 Å². The van der Waals surface area contributed by atoms with E-state index in [1.54, 1.807) is 0 Å². The molecule has 2 aromatic rings. The third kappa shape index (κ3) is 2.68. The molecule has 0 atom stereocenters. The third-order valence-corrected chi connectivity index (χ3v) is 3.89. The van der Waals surface area contributed by atoms with E-state index >= 15 is 0 Å². The molecule has 2 nitrogen and oxygen atoms in total. The van der Waals surface area contributed by atoms with Gasteiger partial charge in [0.2, 0.25) is 0 Å². The Labute approximate surface area is 125 Å². The van der Waals surface area contributed by atoms with Gasteiger partial charge >= 0.3 is 0 Å². The Kier molecular flexibility index (Phi) is 4.39. The van der Waals surface area contributed by atoms with Crippen LogP contribution in [-0.2, 0) is 5.75 Å². The Hall–Kier alpha value is -1.48. The lowest BCUT2D eigenvalue weighted by Crippen LogP contribution is -2.26. The van der Waals surface area contributed by atoms with Crippen molar-refractivity contribution in [3.8, 4) is 11.3 Å². The van der Waals surface area contributed by atoms with Crippen LogP contribution in [0.5, 0.6) is 0 Å². The van der Waals surface area contributed by atoms with Gasteiger partial charge in [-0.1, -0.05) is 23.8 Å². The van der Waals surface area contributed by atoms with Crippen LogP contribution in [0.2, 0.25) is 0 Å². The molecule has 20 heavy (non-hydrogen) atoms. The van der Waals surface area contributed by atoms with Gasteiger partial charge in [0, 0.05) is 22.9 Å². The average Bonchev–Trinajstić information content (AvgIpc) is 2.40. The molecule has 2 rings (SSSR count). The van der Waals surface area contributed by atoms with Crippen molar-refractivity contribution in [2.24, 2.45) is 0 Å². The fourth-order valence-electron chi connectivity index (χ4n) is 2.46. The molecule has 0 aliphatic carbocycles. The summed E-state index contributed by atoms with van der Waals surface area (Å²) in [5, 5.41) is 0. The molecule has 0 N–H and O–H groups in total. The highest BCUT2D eigenvalue weighted by Gasteiger charge is 2.13. The van der Waals surface area contributed by atoms with Crippen molar-refractivity contribution < 1.29 is 0 Å². The Balaban J connectivity index is 2.77. The number of nitrogens with zero attached hydrogens (tertiary/aromatic N) is 1. The maximum absolute atomic E-state index is 12.5. The Morgan fingerprint density at radius 1 is 1.15 bits per heavy atom. The van der Waals surface area contributed by atoms with Gasteiger partial charge in [-0.05, 0) is 45.4 Å². The molecule has 0 unspecified atom stereocenters. The number of pyridine rings is 1. The molecule has 0 saturated carbocycles. The molecule has 0 fully saturated rings. The van der Waals surface area contributed by atoms with Crippen LogP contribution in [0.25, 0.3) is 11.3 Å². The standard InChI is InChI=1S/C17H21NOS/c1-11(2)18-16(8-7-14(10-20)17(18)19)15-9-12(3)5-6-13(15)4/h5-9,11,20H,10H2,1-4H3. The van der Waals surface area contributed by atoms with Crippen LogP contribution in [0.15, 0.2) is 35.1 Å². The van der Waals surface area contributed by atoms with Crippen molar-refractivity contribution >= 4 is 12.6 Å². The molecular formula is C17H21NOS. The summed E-state index contributed by atoms with van der Waals surface area (Å²) in [7, 11) is 0. The van der Waals surface area contributed by atoms with E-state index in [2.05, 4.69) is 44.7 Å². The normalized spacial score (nSPS) is 11.1. The van der Waals surface area contributed by atoms with E-state index in [1.807, 2.05) is 30.5 Å².